The molecule has 1 aromatic rings. The third-order valence-corrected chi connectivity index (χ3v) is 6.46. The molecule has 0 atom stereocenters. The molecule has 0 aromatic heterocycles. The van der Waals surface area contributed by atoms with Crippen LogP contribution in [0.1, 0.15) is 38.2 Å². The molecule has 0 saturated heterocycles. The van der Waals surface area contributed by atoms with Crippen LogP contribution >= 0.6 is 0 Å². The predicted molar refractivity (Wildman–Crippen MR) is 85.6 cm³/mol. The van der Waals surface area contributed by atoms with Crippen LogP contribution in [0, 0.1) is 5.92 Å². The Labute approximate surface area is 128 Å². The van der Waals surface area contributed by atoms with Gasteiger partial charge in [0.1, 0.15) is 0 Å². The third-order valence-electron chi connectivity index (χ3n) is 4.53. The van der Waals surface area contributed by atoms with E-state index < -0.39 is 10.0 Å². The van der Waals surface area contributed by atoms with E-state index in [9.17, 15) is 8.42 Å². The summed E-state index contributed by atoms with van der Waals surface area (Å²) < 4.78 is 26.9. The molecule has 1 aliphatic rings. The maximum atomic E-state index is 12.7. The Kier molecular flexibility index (Phi) is 5.41. The first-order valence-corrected chi connectivity index (χ1v) is 9.16. The van der Waals surface area contributed by atoms with Crippen LogP contribution in [0.5, 0.6) is 0 Å². The van der Waals surface area contributed by atoms with Crippen LogP contribution in [0.25, 0.3) is 0 Å². The summed E-state index contributed by atoms with van der Waals surface area (Å²) in [6, 6.07) is 7.24. The molecule has 118 valence electrons. The highest BCUT2D eigenvalue weighted by molar-refractivity contribution is 7.89. The Balaban J connectivity index is 2.13. The zero-order valence-electron chi connectivity index (χ0n) is 13.0. The van der Waals surface area contributed by atoms with Crippen molar-refractivity contribution in [2.24, 2.45) is 11.7 Å². The fourth-order valence-electron chi connectivity index (χ4n) is 2.96. The summed E-state index contributed by atoms with van der Waals surface area (Å²) in [4.78, 5) is 0.379. The van der Waals surface area contributed by atoms with Gasteiger partial charge in [-0.05, 0) is 62.3 Å². The van der Waals surface area contributed by atoms with Crippen molar-refractivity contribution in [1.29, 1.82) is 0 Å². The van der Waals surface area contributed by atoms with E-state index >= 15 is 0 Å². The summed E-state index contributed by atoms with van der Waals surface area (Å²) in [5.74, 6) is 0.716. The molecule has 0 aliphatic heterocycles. The number of nitrogens with two attached hydrogens (primary N) is 1. The smallest absolute Gasteiger partial charge is 0.243 e. The predicted octanol–water partition coefficient (Wildman–Crippen LogP) is 2.39. The van der Waals surface area contributed by atoms with E-state index in [0.717, 1.165) is 37.7 Å². The normalized spacial score (nSPS) is 23.4. The highest BCUT2D eigenvalue weighted by Crippen LogP contribution is 2.29. The van der Waals surface area contributed by atoms with E-state index in [1.165, 1.54) is 0 Å². The number of nitrogens with zero attached hydrogens (tertiary/aromatic N) is 1. The van der Waals surface area contributed by atoms with E-state index in [1.54, 1.807) is 23.5 Å². The van der Waals surface area contributed by atoms with E-state index in [4.69, 9.17) is 5.73 Å². The molecule has 2 N–H and O–H groups in total. The van der Waals surface area contributed by atoms with Crippen LogP contribution in [0.15, 0.2) is 29.2 Å². The minimum atomic E-state index is -3.39. The van der Waals surface area contributed by atoms with Gasteiger partial charge in [-0.1, -0.05) is 19.1 Å². The molecule has 1 fully saturated rings. The van der Waals surface area contributed by atoms with Gasteiger partial charge in [0.05, 0.1) is 4.90 Å². The molecule has 1 aliphatic carbocycles. The number of sulfonamides is 1. The van der Waals surface area contributed by atoms with E-state index in [-0.39, 0.29) is 6.04 Å². The first kappa shape index (κ1) is 16.5. The summed E-state index contributed by atoms with van der Waals surface area (Å²) in [5, 5.41) is 0. The monoisotopic (exact) mass is 310 g/mol. The lowest BCUT2D eigenvalue weighted by Crippen LogP contribution is -2.39. The van der Waals surface area contributed by atoms with E-state index in [0.29, 0.717) is 17.4 Å². The van der Waals surface area contributed by atoms with Crippen LogP contribution in [0.4, 0.5) is 0 Å². The Morgan fingerprint density at radius 3 is 2.24 bits per heavy atom. The first-order valence-electron chi connectivity index (χ1n) is 7.72. The number of benzene rings is 1. The molecule has 2 rings (SSSR count). The van der Waals surface area contributed by atoms with Crippen molar-refractivity contribution in [3.63, 3.8) is 0 Å². The Morgan fingerprint density at radius 1 is 1.14 bits per heavy atom. The molecule has 1 aromatic carbocycles. The number of hydrogen-bond acceptors (Lipinski definition) is 3. The standard InChI is InChI=1S/C16H26N2O2S/c1-13-3-7-15(8-4-13)18(2)21(19,20)16-9-5-14(6-10-16)11-12-17/h5-6,9-10,13,15H,3-4,7-8,11-12,17H2,1-2H3. The fourth-order valence-corrected chi connectivity index (χ4v) is 4.38. The van der Waals surface area contributed by atoms with Gasteiger partial charge in [-0.15, -0.1) is 0 Å². The van der Waals surface area contributed by atoms with Crippen LogP contribution in [-0.2, 0) is 16.4 Å². The van der Waals surface area contributed by atoms with Crippen molar-refractivity contribution in [2.75, 3.05) is 13.6 Å². The van der Waals surface area contributed by atoms with Gasteiger partial charge in [0.2, 0.25) is 10.0 Å². The molecule has 5 heteroatoms. The topological polar surface area (TPSA) is 63.4 Å². The van der Waals surface area contributed by atoms with Crippen LogP contribution in [0.2, 0.25) is 0 Å². The van der Waals surface area contributed by atoms with Crippen LogP contribution in [-0.4, -0.2) is 32.4 Å². The van der Waals surface area contributed by atoms with Crippen molar-refractivity contribution >= 4 is 10.0 Å². The van der Waals surface area contributed by atoms with Gasteiger partial charge in [0.25, 0.3) is 0 Å². The summed E-state index contributed by atoms with van der Waals surface area (Å²) in [5.41, 5.74) is 6.59. The molecule has 0 radical (unpaired) electrons. The van der Waals surface area contributed by atoms with Crippen molar-refractivity contribution in [1.82, 2.24) is 4.31 Å². The molecule has 0 bridgehead atoms. The summed E-state index contributed by atoms with van der Waals surface area (Å²) in [6.45, 7) is 2.81. The average molecular weight is 310 g/mol. The lowest BCUT2D eigenvalue weighted by atomic mass is 9.87. The molecule has 4 nitrogen and oxygen atoms in total. The molecule has 0 spiro atoms. The summed E-state index contributed by atoms with van der Waals surface area (Å²) >= 11 is 0. The summed E-state index contributed by atoms with van der Waals surface area (Å²) in [6.07, 6.45) is 4.92. The first-order chi connectivity index (χ1) is 9.95. The zero-order valence-corrected chi connectivity index (χ0v) is 13.8. The second-order valence-corrected chi connectivity index (χ2v) is 8.12. The van der Waals surface area contributed by atoms with Gasteiger partial charge >= 0.3 is 0 Å². The SMILES string of the molecule is CC1CCC(N(C)S(=O)(=O)c2ccc(CCN)cc2)CC1. The molecular weight excluding hydrogens is 284 g/mol. The minimum absolute atomic E-state index is 0.134. The van der Waals surface area contributed by atoms with Gasteiger partial charge in [0.15, 0.2) is 0 Å². The highest BCUT2D eigenvalue weighted by Gasteiger charge is 2.30. The minimum Gasteiger partial charge on any atom is -0.330 e. The largest absolute Gasteiger partial charge is 0.330 e. The average Bonchev–Trinajstić information content (AvgIpc) is 2.48. The van der Waals surface area contributed by atoms with Crippen molar-refractivity contribution in [3.05, 3.63) is 29.8 Å². The third kappa shape index (κ3) is 3.84. The molecule has 0 amide bonds. The van der Waals surface area contributed by atoms with Gasteiger partial charge < -0.3 is 5.73 Å². The van der Waals surface area contributed by atoms with Crippen LogP contribution < -0.4 is 5.73 Å². The van der Waals surface area contributed by atoms with Crippen molar-refractivity contribution in [2.45, 2.75) is 50.0 Å². The van der Waals surface area contributed by atoms with E-state index in [2.05, 4.69) is 6.92 Å². The molecule has 0 heterocycles. The van der Waals surface area contributed by atoms with Gasteiger partial charge in [-0.3, -0.25) is 0 Å². The molecule has 1 saturated carbocycles. The van der Waals surface area contributed by atoms with Gasteiger partial charge in [-0.25, -0.2) is 8.42 Å². The molecule has 0 unspecified atom stereocenters. The van der Waals surface area contributed by atoms with Crippen molar-refractivity contribution < 1.29 is 8.42 Å². The molecule has 21 heavy (non-hydrogen) atoms. The maximum absolute atomic E-state index is 12.7. The second kappa shape index (κ2) is 6.90. The summed E-state index contributed by atoms with van der Waals surface area (Å²) in [7, 11) is -1.67. The fraction of sp³-hybridized carbons (Fsp3) is 0.625. The zero-order chi connectivity index (χ0) is 15.5. The van der Waals surface area contributed by atoms with Crippen LogP contribution in [0.3, 0.4) is 0 Å². The number of rotatable bonds is 5. The Bertz CT molecular complexity index is 546. The quantitative estimate of drug-likeness (QED) is 0.908. The second-order valence-electron chi connectivity index (χ2n) is 6.12. The Hall–Kier alpha value is -0.910. The highest BCUT2D eigenvalue weighted by atomic mass is 32.2. The van der Waals surface area contributed by atoms with E-state index in [1.807, 2.05) is 12.1 Å². The van der Waals surface area contributed by atoms with Crippen molar-refractivity contribution in [3.8, 4) is 0 Å². The lowest BCUT2D eigenvalue weighted by molar-refractivity contribution is 0.246. The van der Waals surface area contributed by atoms with Gasteiger partial charge in [-0.2, -0.15) is 4.31 Å². The van der Waals surface area contributed by atoms with Gasteiger partial charge in [0, 0.05) is 13.1 Å². The lowest BCUT2D eigenvalue weighted by Gasteiger charge is -2.32. The Morgan fingerprint density at radius 2 is 1.71 bits per heavy atom. The maximum Gasteiger partial charge on any atom is 0.243 e. The number of hydrogen-bond donors (Lipinski definition) is 1. The molecular formula is C16H26N2O2S.